The second kappa shape index (κ2) is 5.42. The molecule has 15 heavy (non-hydrogen) atoms. The van der Waals surface area contributed by atoms with E-state index in [1.807, 2.05) is 18.4 Å². The van der Waals surface area contributed by atoms with Crippen molar-refractivity contribution in [2.75, 3.05) is 18.6 Å². The van der Waals surface area contributed by atoms with E-state index in [4.69, 9.17) is 5.73 Å². The number of rotatable bonds is 4. The van der Waals surface area contributed by atoms with Crippen LogP contribution in [0.5, 0.6) is 0 Å². The van der Waals surface area contributed by atoms with Crippen LogP contribution in [0.1, 0.15) is 25.3 Å². The van der Waals surface area contributed by atoms with Gasteiger partial charge in [0.05, 0.1) is 6.61 Å². The summed E-state index contributed by atoms with van der Waals surface area (Å²) in [6.45, 7) is 4.43. The van der Waals surface area contributed by atoms with Crippen molar-refractivity contribution in [2.24, 2.45) is 5.92 Å². The second-order valence-corrected chi connectivity index (χ2v) is 4.88. The van der Waals surface area contributed by atoms with Crippen molar-refractivity contribution in [2.45, 2.75) is 24.7 Å². The molecule has 0 amide bonds. The van der Waals surface area contributed by atoms with E-state index in [2.05, 4.69) is 19.9 Å². The summed E-state index contributed by atoms with van der Waals surface area (Å²) in [6, 6.07) is 6.02. The lowest BCUT2D eigenvalue weighted by molar-refractivity contribution is 0.237. The standard InChI is InChI=1S/C12H19NOS/c1-8(2)10(7-14)9-4-5-11(13)12(6-9)15-3/h4-6,8,10,14H,7,13H2,1-3H3. The van der Waals surface area contributed by atoms with Crippen LogP contribution in [0.2, 0.25) is 0 Å². The highest BCUT2D eigenvalue weighted by molar-refractivity contribution is 7.98. The SMILES string of the molecule is CSc1cc(C(CO)C(C)C)ccc1N. The largest absolute Gasteiger partial charge is 0.398 e. The average Bonchev–Trinajstić information content (AvgIpc) is 2.21. The van der Waals surface area contributed by atoms with E-state index in [9.17, 15) is 5.11 Å². The number of hydrogen-bond donors (Lipinski definition) is 2. The number of anilines is 1. The van der Waals surface area contributed by atoms with Crippen LogP contribution < -0.4 is 5.73 Å². The Morgan fingerprint density at radius 3 is 2.53 bits per heavy atom. The fraction of sp³-hybridized carbons (Fsp3) is 0.500. The first-order chi connectivity index (χ1) is 7.10. The third-order valence-corrected chi connectivity index (χ3v) is 3.48. The Balaban J connectivity index is 3.03. The van der Waals surface area contributed by atoms with Gasteiger partial charge in [-0.25, -0.2) is 0 Å². The molecule has 1 unspecified atom stereocenters. The van der Waals surface area contributed by atoms with Crippen LogP contribution in [-0.2, 0) is 0 Å². The Labute approximate surface area is 95.9 Å². The Hall–Kier alpha value is -0.670. The van der Waals surface area contributed by atoms with Crippen molar-refractivity contribution in [3.05, 3.63) is 23.8 Å². The number of aliphatic hydroxyl groups excluding tert-OH is 1. The molecular weight excluding hydrogens is 206 g/mol. The molecule has 1 aromatic rings. The van der Waals surface area contributed by atoms with Crippen molar-refractivity contribution in [1.29, 1.82) is 0 Å². The van der Waals surface area contributed by atoms with Crippen LogP contribution in [-0.4, -0.2) is 18.0 Å². The zero-order chi connectivity index (χ0) is 11.4. The van der Waals surface area contributed by atoms with E-state index in [0.29, 0.717) is 5.92 Å². The van der Waals surface area contributed by atoms with E-state index in [-0.39, 0.29) is 12.5 Å². The number of aliphatic hydroxyl groups is 1. The molecule has 0 aromatic heterocycles. The Bertz CT molecular complexity index is 325. The van der Waals surface area contributed by atoms with Gasteiger partial charge in [0.2, 0.25) is 0 Å². The lowest BCUT2D eigenvalue weighted by Crippen LogP contribution is -2.11. The van der Waals surface area contributed by atoms with Crippen molar-refractivity contribution < 1.29 is 5.11 Å². The van der Waals surface area contributed by atoms with E-state index in [1.165, 1.54) is 5.56 Å². The number of benzene rings is 1. The summed E-state index contributed by atoms with van der Waals surface area (Å²) in [5.41, 5.74) is 7.82. The maximum absolute atomic E-state index is 9.34. The highest BCUT2D eigenvalue weighted by Crippen LogP contribution is 2.30. The number of nitrogens with two attached hydrogens (primary N) is 1. The lowest BCUT2D eigenvalue weighted by atomic mass is 9.89. The molecule has 0 aliphatic carbocycles. The molecule has 84 valence electrons. The van der Waals surface area contributed by atoms with Crippen molar-refractivity contribution in [3.8, 4) is 0 Å². The second-order valence-electron chi connectivity index (χ2n) is 4.03. The van der Waals surface area contributed by atoms with Gasteiger partial charge in [0.25, 0.3) is 0 Å². The zero-order valence-electron chi connectivity index (χ0n) is 9.53. The first kappa shape index (κ1) is 12.4. The van der Waals surface area contributed by atoms with Crippen LogP contribution in [0.3, 0.4) is 0 Å². The van der Waals surface area contributed by atoms with Gasteiger partial charge in [0, 0.05) is 16.5 Å². The third kappa shape index (κ3) is 2.89. The van der Waals surface area contributed by atoms with Gasteiger partial charge < -0.3 is 10.8 Å². The van der Waals surface area contributed by atoms with Gasteiger partial charge in [-0.3, -0.25) is 0 Å². The molecule has 2 nitrogen and oxygen atoms in total. The van der Waals surface area contributed by atoms with Gasteiger partial charge in [-0.15, -0.1) is 11.8 Å². The molecule has 0 fully saturated rings. The minimum atomic E-state index is 0.190. The normalized spacial score (nSPS) is 13.1. The fourth-order valence-corrected chi connectivity index (χ4v) is 2.22. The molecular formula is C12H19NOS. The van der Waals surface area contributed by atoms with Crippen molar-refractivity contribution in [3.63, 3.8) is 0 Å². The summed E-state index contributed by atoms with van der Waals surface area (Å²) in [7, 11) is 0. The smallest absolute Gasteiger partial charge is 0.0502 e. The molecule has 0 spiro atoms. The molecule has 0 aliphatic heterocycles. The predicted molar refractivity (Wildman–Crippen MR) is 67.3 cm³/mol. The minimum Gasteiger partial charge on any atom is -0.398 e. The van der Waals surface area contributed by atoms with E-state index >= 15 is 0 Å². The Morgan fingerprint density at radius 2 is 2.07 bits per heavy atom. The fourth-order valence-electron chi connectivity index (χ4n) is 1.66. The maximum atomic E-state index is 9.34. The summed E-state index contributed by atoms with van der Waals surface area (Å²) in [6.07, 6.45) is 2.01. The van der Waals surface area contributed by atoms with Crippen LogP contribution in [0, 0.1) is 5.92 Å². The number of thioether (sulfide) groups is 1. The summed E-state index contributed by atoms with van der Waals surface area (Å²) in [5.74, 6) is 0.643. The van der Waals surface area contributed by atoms with Crippen LogP contribution >= 0.6 is 11.8 Å². The van der Waals surface area contributed by atoms with Gasteiger partial charge in [-0.1, -0.05) is 19.9 Å². The Kier molecular flexibility index (Phi) is 4.48. The van der Waals surface area contributed by atoms with E-state index in [0.717, 1.165) is 10.6 Å². The molecule has 0 saturated heterocycles. The lowest BCUT2D eigenvalue weighted by Gasteiger charge is -2.19. The van der Waals surface area contributed by atoms with Gasteiger partial charge in [0.15, 0.2) is 0 Å². The molecule has 3 heteroatoms. The molecule has 0 aliphatic rings. The summed E-state index contributed by atoms with van der Waals surface area (Å²) in [4.78, 5) is 1.09. The minimum absolute atomic E-state index is 0.190. The monoisotopic (exact) mass is 225 g/mol. The summed E-state index contributed by atoms with van der Waals surface area (Å²) in [5, 5.41) is 9.34. The molecule has 1 rings (SSSR count). The average molecular weight is 225 g/mol. The van der Waals surface area contributed by atoms with E-state index in [1.54, 1.807) is 11.8 Å². The van der Waals surface area contributed by atoms with Gasteiger partial charge >= 0.3 is 0 Å². The van der Waals surface area contributed by atoms with Crippen LogP contribution in [0.25, 0.3) is 0 Å². The number of nitrogen functional groups attached to an aromatic ring is 1. The highest BCUT2D eigenvalue weighted by atomic mass is 32.2. The van der Waals surface area contributed by atoms with Crippen molar-refractivity contribution >= 4 is 17.4 Å². The number of hydrogen-bond acceptors (Lipinski definition) is 3. The van der Waals surface area contributed by atoms with Crippen molar-refractivity contribution in [1.82, 2.24) is 0 Å². The maximum Gasteiger partial charge on any atom is 0.0502 e. The first-order valence-corrected chi connectivity index (χ1v) is 6.37. The van der Waals surface area contributed by atoms with Gasteiger partial charge in [-0.2, -0.15) is 0 Å². The topological polar surface area (TPSA) is 46.2 Å². The Morgan fingerprint density at radius 1 is 1.40 bits per heavy atom. The molecule has 0 heterocycles. The summed E-state index contributed by atoms with van der Waals surface area (Å²) < 4.78 is 0. The summed E-state index contributed by atoms with van der Waals surface area (Å²) >= 11 is 1.64. The molecule has 1 atom stereocenters. The third-order valence-electron chi connectivity index (χ3n) is 2.69. The molecule has 0 bridgehead atoms. The van der Waals surface area contributed by atoms with E-state index < -0.39 is 0 Å². The highest BCUT2D eigenvalue weighted by Gasteiger charge is 2.15. The first-order valence-electron chi connectivity index (χ1n) is 5.14. The van der Waals surface area contributed by atoms with Crippen LogP contribution in [0.4, 0.5) is 5.69 Å². The predicted octanol–water partition coefficient (Wildman–Crippen LogP) is 2.72. The van der Waals surface area contributed by atoms with Crippen LogP contribution in [0.15, 0.2) is 23.1 Å². The van der Waals surface area contributed by atoms with Gasteiger partial charge in [0.1, 0.15) is 0 Å². The molecule has 1 aromatic carbocycles. The molecule has 3 N–H and O–H groups in total. The van der Waals surface area contributed by atoms with Gasteiger partial charge in [-0.05, 0) is 29.9 Å². The zero-order valence-corrected chi connectivity index (χ0v) is 10.3. The quantitative estimate of drug-likeness (QED) is 0.612. The molecule has 0 radical (unpaired) electrons. The molecule has 0 saturated carbocycles.